The number of hydrogen-bond acceptors (Lipinski definition) is 6. The number of nitrogens with zero attached hydrogens (tertiary/aromatic N) is 5. The Morgan fingerprint density at radius 1 is 1.07 bits per heavy atom. The second-order valence-electron chi connectivity index (χ2n) is 5.81. The fourth-order valence-electron chi connectivity index (χ4n) is 2.79. The molecule has 4 rings (SSSR count). The molecule has 1 aromatic carbocycles. The van der Waals surface area contributed by atoms with Crippen LogP contribution in [0.15, 0.2) is 42.7 Å². The van der Waals surface area contributed by atoms with Crippen molar-refractivity contribution in [3.8, 4) is 11.4 Å². The maximum atomic E-state index is 13.4. The standard InChI is InChI=1S/C18H15F2N7/c1-2-27-16(10-5-6-22-15(21)7-10)25-14-9-23-18(26-17(14)27)24-11-3-4-12(19)13(20)8-11/h3-9H,2H2,1H3,(H2,21,22)(H,23,24,26). The molecule has 0 radical (unpaired) electrons. The zero-order chi connectivity index (χ0) is 19.0. The van der Waals surface area contributed by atoms with Gasteiger partial charge in [-0.3, -0.25) is 0 Å². The van der Waals surface area contributed by atoms with E-state index in [0.717, 1.165) is 17.7 Å². The minimum atomic E-state index is -0.947. The zero-order valence-electron chi connectivity index (χ0n) is 14.3. The third-order valence-electron chi connectivity index (χ3n) is 4.02. The molecule has 0 spiro atoms. The molecule has 3 aromatic heterocycles. The van der Waals surface area contributed by atoms with Crippen LogP contribution < -0.4 is 11.1 Å². The van der Waals surface area contributed by atoms with Gasteiger partial charge in [0.2, 0.25) is 5.95 Å². The minimum Gasteiger partial charge on any atom is -0.384 e. The van der Waals surface area contributed by atoms with Crippen molar-refractivity contribution >= 4 is 28.6 Å². The summed E-state index contributed by atoms with van der Waals surface area (Å²) in [6, 6.07) is 7.05. The number of nitrogens with one attached hydrogen (secondary N) is 1. The molecule has 0 atom stereocenters. The number of fused-ring (bicyclic) bond motifs is 1. The Morgan fingerprint density at radius 3 is 2.67 bits per heavy atom. The smallest absolute Gasteiger partial charge is 0.229 e. The molecule has 0 aliphatic carbocycles. The van der Waals surface area contributed by atoms with Crippen molar-refractivity contribution in [2.24, 2.45) is 0 Å². The number of pyridine rings is 1. The first-order valence-electron chi connectivity index (χ1n) is 8.22. The Morgan fingerprint density at radius 2 is 1.93 bits per heavy atom. The molecule has 0 bridgehead atoms. The predicted molar refractivity (Wildman–Crippen MR) is 98.3 cm³/mol. The van der Waals surface area contributed by atoms with E-state index in [9.17, 15) is 8.78 Å². The van der Waals surface area contributed by atoms with Crippen LogP contribution in [0.5, 0.6) is 0 Å². The van der Waals surface area contributed by atoms with E-state index in [0.29, 0.717) is 35.0 Å². The lowest BCUT2D eigenvalue weighted by molar-refractivity contribution is 0.509. The van der Waals surface area contributed by atoms with Crippen molar-refractivity contribution in [1.82, 2.24) is 24.5 Å². The molecule has 0 amide bonds. The second-order valence-corrected chi connectivity index (χ2v) is 5.81. The Bertz CT molecular complexity index is 1140. The first-order valence-corrected chi connectivity index (χ1v) is 8.22. The highest BCUT2D eigenvalue weighted by Crippen LogP contribution is 2.25. The van der Waals surface area contributed by atoms with Crippen LogP contribution in [0.25, 0.3) is 22.6 Å². The van der Waals surface area contributed by atoms with Gasteiger partial charge in [0.05, 0.1) is 6.20 Å². The lowest BCUT2D eigenvalue weighted by Crippen LogP contribution is -2.02. The topological polar surface area (TPSA) is 94.5 Å². The minimum absolute atomic E-state index is 0.254. The molecule has 4 aromatic rings. The number of nitrogens with two attached hydrogens (primary N) is 1. The lowest BCUT2D eigenvalue weighted by Gasteiger charge is -2.07. The van der Waals surface area contributed by atoms with Crippen LogP contribution in [0.2, 0.25) is 0 Å². The highest BCUT2D eigenvalue weighted by atomic mass is 19.2. The molecule has 7 nitrogen and oxygen atoms in total. The number of halogens is 2. The summed E-state index contributed by atoms with van der Waals surface area (Å²) >= 11 is 0. The molecule has 9 heteroatoms. The number of aromatic nitrogens is 5. The molecule has 0 aliphatic heterocycles. The fourth-order valence-corrected chi connectivity index (χ4v) is 2.79. The van der Waals surface area contributed by atoms with Gasteiger partial charge in [0.25, 0.3) is 0 Å². The maximum absolute atomic E-state index is 13.4. The van der Waals surface area contributed by atoms with Gasteiger partial charge in [-0.25, -0.2) is 23.7 Å². The molecule has 0 saturated heterocycles. The van der Waals surface area contributed by atoms with Crippen LogP contribution >= 0.6 is 0 Å². The summed E-state index contributed by atoms with van der Waals surface area (Å²) in [4.78, 5) is 17.3. The van der Waals surface area contributed by atoms with E-state index in [2.05, 4.69) is 25.3 Å². The van der Waals surface area contributed by atoms with E-state index in [1.165, 1.54) is 6.07 Å². The highest BCUT2D eigenvalue weighted by molar-refractivity contribution is 5.78. The molecule has 0 aliphatic rings. The van der Waals surface area contributed by atoms with E-state index >= 15 is 0 Å². The van der Waals surface area contributed by atoms with Gasteiger partial charge in [-0.2, -0.15) is 4.98 Å². The van der Waals surface area contributed by atoms with Gasteiger partial charge in [-0.05, 0) is 31.2 Å². The Kier molecular flexibility index (Phi) is 4.11. The van der Waals surface area contributed by atoms with Crippen molar-refractivity contribution < 1.29 is 8.78 Å². The van der Waals surface area contributed by atoms with Gasteiger partial charge >= 0.3 is 0 Å². The predicted octanol–water partition coefficient (Wildman–Crippen LogP) is 3.51. The number of imidazole rings is 1. The Labute approximate surface area is 152 Å². The van der Waals surface area contributed by atoms with Gasteiger partial charge in [0, 0.05) is 30.1 Å². The van der Waals surface area contributed by atoms with Crippen LogP contribution in [0.3, 0.4) is 0 Å². The summed E-state index contributed by atoms with van der Waals surface area (Å²) in [5.74, 6) is -0.516. The SMILES string of the molecule is CCn1c(-c2ccnc(N)c2)nc2cnc(Nc3ccc(F)c(F)c3)nc21. The summed E-state index contributed by atoms with van der Waals surface area (Å²) in [7, 11) is 0. The molecule has 0 saturated carbocycles. The number of benzene rings is 1. The van der Waals surface area contributed by atoms with Gasteiger partial charge < -0.3 is 15.6 Å². The monoisotopic (exact) mass is 367 g/mol. The first-order chi connectivity index (χ1) is 13.0. The normalized spacial score (nSPS) is 11.1. The highest BCUT2D eigenvalue weighted by Gasteiger charge is 2.15. The zero-order valence-corrected chi connectivity index (χ0v) is 14.3. The van der Waals surface area contributed by atoms with Crippen LogP contribution in [-0.2, 0) is 6.54 Å². The summed E-state index contributed by atoms with van der Waals surface area (Å²) in [5, 5.41) is 2.87. The van der Waals surface area contributed by atoms with Crippen LogP contribution in [0, 0.1) is 11.6 Å². The van der Waals surface area contributed by atoms with E-state index in [-0.39, 0.29) is 5.95 Å². The molecule has 0 fully saturated rings. The number of hydrogen-bond donors (Lipinski definition) is 2. The Balaban J connectivity index is 1.76. The van der Waals surface area contributed by atoms with Gasteiger partial charge in [-0.1, -0.05) is 0 Å². The molecular weight excluding hydrogens is 352 g/mol. The van der Waals surface area contributed by atoms with Crippen LogP contribution in [0.1, 0.15) is 6.92 Å². The molecule has 0 unspecified atom stereocenters. The van der Waals surface area contributed by atoms with Gasteiger partial charge in [-0.15, -0.1) is 0 Å². The molecule has 3 N–H and O–H groups in total. The number of anilines is 3. The Hall–Kier alpha value is -3.62. The lowest BCUT2D eigenvalue weighted by atomic mass is 10.2. The first kappa shape index (κ1) is 16.8. The third kappa shape index (κ3) is 3.14. The average molecular weight is 367 g/mol. The molecule has 27 heavy (non-hydrogen) atoms. The van der Waals surface area contributed by atoms with Crippen molar-refractivity contribution in [2.45, 2.75) is 13.5 Å². The van der Waals surface area contributed by atoms with Crippen LogP contribution in [0.4, 0.5) is 26.2 Å². The number of aryl methyl sites for hydroxylation is 1. The molecule has 136 valence electrons. The summed E-state index contributed by atoms with van der Waals surface area (Å²) in [6.07, 6.45) is 3.19. The number of nitrogen functional groups attached to an aromatic ring is 1. The van der Waals surface area contributed by atoms with E-state index < -0.39 is 11.6 Å². The van der Waals surface area contributed by atoms with E-state index in [4.69, 9.17) is 5.73 Å². The van der Waals surface area contributed by atoms with Crippen molar-refractivity contribution in [2.75, 3.05) is 11.1 Å². The number of rotatable bonds is 4. The van der Waals surface area contributed by atoms with Crippen molar-refractivity contribution in [3.05, 3.63) is 54.4 Å². The van der Waals surface area contributed by atoms with Crippen molar-refractivity contribution in [3.63, 3.8) is 0 Å². The third-order valence-corrected chi connectivity index (χ3v) is 4.02. The molecule has 3 heterocycles. The summed E-state index contributed by atoms with van der Waals surface area (Å²) in [6.45, 7) is 2.59. The van der Waals surface area contributed by atoms with E-state index in [1.54, 1.807) is 18.5 Å². The average Bonchev–Trinajstić information content (AvgIpc) is 3.02. The van der Waals surface area contributed by atoms with Crippen molar-refractivity contribution in [1.29, 1.82) is 0 Å². The summed E-state index contributed by atoms with van der Waals surface area (Å²) < 4.78 is 28.4. The molecular formula is C18H15F2N7. The van der Waals surface area contributed by atoms with Gasteiger partial charge in [0.15, 0.2) is 17.3 Å². The quantitative estimate of drug-likeness (QED) is 0.573. The fraction of sp³-hybridized carbons (Fsp3) is 0.111. The summed E-state index contributed by atoms with van der Waals surface area (Å²) in [5.41, 5.74) is 8.16. The largest absolute Gasteiger partial charge is 0.384 e. The van der Waals surface area contributed by atoms with Gasteiger partial charge in [0.1, 0.15) is 17.2 Å². The van der Waals surface area contributed by atoms with E-state index in [1.807, 2.05) is 17.6 Å². The maximum Gasteiger partial charge on any atom is 0.229 e. The second kappa shape index (κ2) is 6.60. The van der Waals surface area contributed by atoms with Crippen LogP contribution in [-0.4, -0.2) is 24.5 Å².